The van der Waals surface area contributed by atoms with Crippen LogP contribution in [0.3, 0.4) is 0 Å². The van der Waals surface area contributed by atoms with Crippen LogP contribution in [0.15, 0.2) is 59.1 Å². The maximum absolute atomic E-state index is 14.0. The van der Waals surface area contributed by atoms with Crippen LogP contribution in [0.4, 0.5) is 10.2 Å². The number of aryl methyl sites for hydroxylation is 3. The number of hydrogen-bond acceptors (Lipinski definition) is 5. The summed E-state index contributed by atoms with van der Waals surface area (Å²) in [5.74, 6) is 0.812. The number of nitrogens with zero attached hydrogens (tertiary/aromatic N) is 3. The zero-order chi connectivity index (χ0) is 22.7. The van der Waals surface area contributed by atoms with Crippen molar-refractivity contribution in [3.63, 3.8) is 0 Å². The summed E-state index contributed by atoms with van der Waals surface area (Å²) in [6.07, 6.45) is 0. The molecule has 2 heterocycles. The summed E-state index contributed by atoms with van der Waals surface area (Å²) in [6, 6.07) is 15.9. The summed E-state index contributed by atoms with van der Waals surface area (Å²) in [5.41, 5.74) is 2.98. The molecule has 0 spiro atoms. The molecule has 4 rings (SSSR count). The predicted octanol–water partition coefficient (Wildman–Crippen LogP) is 4.82. The zero-order valence-electron chi connectivity index (χ0n) is 18.1. The summed E-state index contributed by atoms with van der Waals surface area (Å²) >= 11 is 0. The van der Waals surface area contributed by atoms with Gasteiger partial charge in [0.1, 0.15) is 23.9 Å². The molecule has 1 amide bonds. The Kier molecular flexibility index (Phi) is 6.02. The molecule has 2 aromatic carbocycles. The van der Waals surface area contributed by atoms with Crippen molar-refractivity contribution in [2.75, 3.05) is 5.32 Å². The fourth-order valence-corrected chi connectivity index (χ4v) is 3.30. The van der Waals surface area contributed by atoms with Gasteiger partial charge >= 0.3 is 0 Å². The first-order valence-corrected chi connectivity index (χ1v) is 10.1. The van der Waals surface area contributed by atoms with E-state index in [0.717, 1.165) is 17.0 Å². The van der Waals surface area contributed by atoms with E-state index >= 15 is 0 Å². The van der Waals surface area contributed by atoms with E-state index in [1.165, 1.54) is 6.07 Å². The minimum Gasteiger partial charge on any atom is -0.488 e. The predicted molar refractivity (Wildman–Crippen MR) is 117 cm³/mol. The van der Waals surface area contributed by atoms with Crippen LogP contribution >= 0.6 is 0 Å². The highest BCUT2D eigenvalue weighted by Crippen LogP contribution is 2.22. The smallest absolute Gasteiger partial charge is 0.279 e. The Morgan fingerprint density at radius 1 is 1.12 bits per heavy atom. The summed E-state index contributed by atoms with van der Waals surface area (Å²) in [6.45, 7) is 5.92. The van der Waals surface area contributed by atoms with E-state index in [2.05, 4.69) is 15.6 Å². The molecule has 0 fully saturated rings. The van der Waals surface area contributed by atoms with Crippen LogP contribution in [0, 0.1) is 26.6 Å². The Labute approximate surface area is 184 Å². The first-order valence-electron chi connectivity index (χ1n) is 10.1. The molecule has 8 heteroatoms. The number of halogens is 1. The number of hydrogen-bond donors (Lipinski definition) is 1. The average molecular weight is 434 g/mol. The van der Waals surface area contributed by atoms with Crippen LogP contribution < -0.4 is 10.1 Å². The molecule has 1 N–H and O–H groups in total. The number of nitrogens with one attached hydrogen (secondary N) is 1. The second-order valence-corrected chi connectivity index (χ2v) is 7.49. The topological polar surface area (TPSA) is 82.2 Å². The Hall–Kier alpha value is -3.94. The van der Waals surface area contributed by atoms with Gasteiger partial charge in [-0.1, -0.05) is 41.6 Å². The molecule has 0 saturated carbocycles. The van der Waals surface area contributed by atoms with E-state index in [9.17, 15) is 9.18 Å². The van der Waals surface area contributed by atoms with Crippen molar-refractivity contribution in [3.05, 3.63) is 94.3 Å². The van der Waals surface area contributed by atoms with Gasteiger partial charge in [-0.15, -0.1) is 0 Å². The van der Waals surface area contributed by atoms with Crippen LogP contribution in [-0.2, 0) is 13.2 Å². The lowest BCUT2D eigenvalue weighted by Gasteiger charge is -2.09. The number of aromatic nitrogens is 3. The number of anilines is 1. The monoisotopic (exact) mass is 434 g/mol. The van der Waals surface area contributed by atoms with E-state index in [4.69, 9.17) is 9.26 Å². The Morgan fingerprint density at radius 2 is 1.88 bits per heavy atom. The number of benzene rings is 2. The lowest BCUT2D eigenvalue weighted by molar-refractivity contribution is 0.101. The highest BCUT2D eigenvalue weighted by Gasteiger charge is 2.22. The maximum Gasteiger partial charge on any atom is 0.279 e. The highest BCUT2D eigenvalue weighted by molar-refractivity contribution is 6.03. The minimum absolute atomic E-state index is 0.136. The number of amides is 1. The molecule has 2 aromatic heterocycles. The molecule has 32 heavy (non-hydrogen) atoms. The van der Waals surface area contributed by atoms with E-state index in [0.29, 0.717) is 22.7 Å². The van der Waals surface area contributed by atoms with Gasteiger partial charge in [0.25, 0.3) is 5.91 Å². The lowest BCUT2D eigenvalue weighted by Crippen LogP contribution is -2.16. The fraction of sp³-hybridized carbons (Fsp3) is 0.208. The molecule has 0 aliphatic rings. The summed E-state index contributed by atoms with van der Waals surface area (Å²) in [5, 5.41) is 11.0. The molecule has 0 bridgehead atoms. The highest BCUT2D eigenvalue weighted by atomic mass is 19.1. The average Bonchev–Trinajstić information content (AvgIpc) is 3.31. The zero-order valence-corrected chi connectivity index (χ0v) is 18.1. The minimum atomic E-state index is -0.458. The van der Waals surface area contributed by atoms with Gasteiger partial charge in [-0.3, -0.25) is 9.48 Å². The molecule has 0 aliphatic carbocycles. The van der Waals surface area contributed by atoms with Gasteiger partial charge in [0.15, 0.2) is 11.5 Å². The molecule has 0 unspecified atom stereocenters. The molecule has 0 aliphatic heterocycles. The van der Waals surface area contributed by atoms with Gasteiger partial charge in [-0.2, -0.15) is 5.10 Å². The Balaban J connectivity index is 1.48. The molecule has 0 atom stereocenters. The maximum atomic E-state index is 14.0. The van der Waals surface area contributed by atoms with Crippen molar-refractivity contribution < 1.29 is 18.4 Å². The number of para-hydroxylation sites is 1. The third-order valence-electron chi connectivity index (χ3n) is 5.17. The van der Waals surface area contributed by atoms with Gasteiger partial charge in [-0.05, 0) is 38.5 Å². The third-order valence-corrected chi connectivity index (χ3v) is 5.17. The van der Waals surface area contributed by atoms with Crippen molar-refractivity contribution in [2.45, 2.75) is 33.9 Å². The first kappa shape index (κ1) is 21.3. The first-order chi connectivity index (χ1) is 15.4. The summed E-state index contributed by atoms with van der Waals surface area (Å²) < 4.78 is 26.7. The molecular weight excluding hydrogens is 411 g/mol. The van der Waals surface area contributed by atoms with Gasteiger partial charge in [0.2, 0.25) is 0 Å². The molecule has 4 aromatic rings. The van der Waals surface area contributed by atoms with Crippen LogP contribution in [-0.4, -0.2) is 20.8 Å². The number of carbonyl (C=O) groups is 1. The van der Waals surface area contributed by atoms with Gasteiger partial charge < -0.3 is 14.6 Å². The number of rotatable bonds is 7. The van der Waals surface area contributed by atoms with Crippen molar-refractivity contribution >= 4 is 11.7 Å². The lowest BCUT2D eigenvalue weighted by atomic mass is 10.2. The van der Waals surface area contributed by atoms with Crippen molar-refractivity contribution in [2.24, 2.45) is 0 Å². The Morgan fingerprint density at radius 3 is 2.66 bits per heavy atom. The van der Waals surface area contributed by atoms with E-state index in [1.807, 2.05) is 38.1 Å². The summed E-state index contributed by atoms with van der Waals surface area (Å²) in [4.78, 5) is 12.9. The standard InChI is InChI=1S/C24H23FN4O3/c1-15-8-4-7-11-21(15)31-14-19-17(3)32-28-23(19)24(30)26-22-12-16(2)29(27-22)13-18-9-5-6-10-20(18)25/h4-12H,13-14H2,1-3H3,(H,26,27,30). The second kappa shape index (κ2) is 9.05. The second-order valence-electron chi connectivity index (χ2n) is 7.49. The van der Waals surface area contributed by atoms with Crippen LogP contribution in [0.25, 0.3) is 0 Å². The Bertz CT molecular complexity index is 1260. The van der Waals surface area contributed by atoms with Crippen molar-refractivity contribution in [1.29, 1.82) is 0 Å². The van der Waals surface area contributed by atoms with Crippen LogP contribution in [0.1, 0.15) is 38.6 Å². The normalized spacial score (nSPS) is 10.9. The molecule has 164 valence electrons. The molecule has 0 saturated heterocycles. The number of carbonyl (C=O) groups excluding carboxylic acids is 1. The van der Waals surface area contributed by atoms with Crippen molar-refractivity contribution in [3.8, 4) is 5.75 Å². The fourth-order valence-electron chi connectivity index (χ4n) is 3.30. The third kappa shape index (κ3) is 4.54. The van der Waals surface area contributed by atoms with Crippen LogP contribution in [0.2, 0.25) is 0 Å². The van der Waals surface area contributed by atoms with Gasteiger partial charge in [-0.25, -0.2) is 4.39 Å². The molecular formula is C24H23FN4O3. The van der Waals surface area contributed by atoms with Gasteiger partial charge in [0, 0.05) is 17.3 Å². The quantitative estimate of drug-likeness (QED) is 0.451. The van der Waals surface area contributed by atoms with Crippen molar-refractivity contribution in [1.82, 2.24) is 14.9 Å². The van der Waals surface area contributed by atoms with E-state index in [1.54, 1.807) is 35.9 Å². The SMILES string of the molecule is Cc1ccccc1OCc1c(C(=O)Nc2cc(C)n(Cc3ccccc3F)n2)noc1C. The summed E-state index contributed by atoms with van der Waals surface area (Å²) in [7, 11) is 0. The number of ether oxygens (including phenoxy) is 1. The van der Waals surface area contributed by atoms with E-state index in [-0.39, 0.29) is 24.7 Å². The van der Waals surface area contributed by atoms with Crippen LogP contribution in [0.5, 0.6) is 5.75 Å². The van der Waals surface area contributed by atoms with E-state index < -0.39 is 5.91 Å². The largest absolute Gasteiger partial charge is 0.488 e. The molecule has 7 nitrogen and oxygen atoms in total. The molecule has 0 radical (unpaired) electrons. The van der Waals surface area contributed by atoms with Gasteiger partial charge in [0.05, 0.1) is 12.1 Å².